The quantitative estimate of drug-likeness (QED) is 0.853. The second-order valence-electron chi connectivity index (χ2n) is 5.72. The van der Waals surface area contributed by atoms with Gasteiger partial charge in [-0.15, -0.1) is 0 Å². The summed E-state index contributed by atoms with van der Waals surface area (Å²) in [5, 5.41) is 4.85. The molecule has 1 saturated heterocycles. The first kappa shape index (κ1) is 14.2. The predicted molar refractivity (Wildman–Crippen MR) is 81.4 cm³/mol. The second kappa shape index (κ2) is 6.80. The fraction of sp³-hybridized carbons (Fsp3) is 0.929. The number of hydrogen-bond acceptors (Lipinski definition) is 4. The summed E-state index contributed by atoms with van der Waals surface area (Å²) < 4.78 is 0. The molecule has 0 saturated carbocycles. The van der Waals surface area contributed by atoms with Gasteiger partial charge in [0.05, 0.1) is 6.04 Å². The van der Waals surface area contributed by atoms with Gasteiger partial charge < -0.3 is 10.2 Å². The van der Waals surface area contributed by atoms with Crippen LogP contribution in [0.5, 0.6) is 0 Å². The van der Waals surface area contributed by atoms with E-state index in [-0.39, 0.29) is 0 Å². The maximum Gasteiger partial charge on any atom is 0.157 e. The highest BCUT2D eigenvalue weighted by Crippen LogP contribution is 2.22. The van der Waals surface area contributed by atoms with Crippen LogP contribution in [0.4, 0.5) is 0 Å². The summed E-state index contributed by atoms with van der Waals surface area (Å²) in [5.41, 5.74) is 0. The summed E-state index contributed by atoms with van der Waals surface area (Å²) in [6.07, 6.45) is 3.81. The molecule has 2 aliphatic rings. The Labute approximate surface area is 116 Å². The van der Waals surface area contributed by atoms with E-state index in [1.54, 1.807) is 0 Å². The summed E-state index contributed by atoms with van der Waals surface area (Å²) in [6, 6.07) is 1.12. The van der Waals surface area contributed by atoms with Crippen LogP contribution in [0, 0.1) is 5.92 Å². The van der Waals surface area contributed by atoms with Gasteiger partial charge in [-0.25, -0.2) is 0 Å². The van der Waals surface area contributed by atoms with E-state index in [0.29, 0.717) is 18.0 Å². The highest BCUT2D eigenvalue weighted by Gasteiger charge is 2.23. The molecule has 0 aromatic heterocycles. The Morgan fingerprint density at radius 2 is 2.06 bits per heavy atom. The van der Waals surface area contributed by atoms with E-state index < -0.39 is 0 Å². The van der Waals surface area contributed by atoms with E-state index in [0.717, 1.165) is 0 Å². The fourth-order valence-electron chi connectivity index (χ4n) is 2.57. The number of likely N-dealkylation sites (tertiary alicyclic amines) is 1. The molecule has 2 heterocycles. The average molecular weight is 269 g/mol. The first-order valence-corrected chi connectivity index (χ1v) is 8.37. The van der Waals surface area contributed by atoms with Gasteiger partial charge in [0, 0.05) is 24.9 Å². The topological polar surface area (TPSA) is 27.6 Å². The molecular formula is C14H27N3S. The van der Waals surface area contributed by atoms with Crippen LogP contribution in [0.1, 0.15) is 40.0 Å². The zero-order valence-electron chi connectivity index (χ0n) is 12.0. The summed E-state index contributed by atoms with van der Waals surface area (Å²) in [7, 11) is 0. The average Bonchev–Trinajstić information content (AvgIpc) is 2.37. The Kier molecular flexibility index (Phi) is 5.37. The molecule has 3 nitrogen and oxygen atoms in total. The van der Waals surface area contributed by atoms with Crippen molar-refractivity contribution in [3.05, 3.63) is 0 Å². The Morgan fingerprint density at radius 1 is 1.33 bits per heavy atom. The van der Waals surface area contributed by atoms with Crippen molar-refractivity contribution >= 4 is 16.9 Å². The van der Waals surface area contributed by atoms with Gasteiger partial charge in [0.25, 0.3) is 0 Å². The smallest absolute Gasteiger partial charge is 0.157 e. The molecule has 104 valence electrons. The molecule has 1 fully saturated rings. The third-order valence-corrected chi connectivity index (χ3v) is 5.27. The van der Waals surface area contributed by atoms with Crippen LogP contribution in [-0.4, -0.2) is 47.5 Å². The van der Waals surface area contributed by atoms with E-state index in [2.05, 4.69) is 31.0 Å². The van der Waals surface area contributed by atoms with E-state index in [4.69, 9.17) is 4.99 Å². The molecule has 0 aromatic carbocycles. The van der Waals surface area contributed by atoms with Gasteiger partial charge in [-0.05, 0) is 38.6 Å². The van der Waals surface area contributed by atoms with Crippen LogP contribution in [0.2, 0.25) is 0 Å². The molecule has 0 amide bonds. The van der Waals surface area contributed by atoms with Crippen LogP contribution >= 0.6 is 11.8 Å². The molecule has 2 atom stereocenters. The lowest BCUT2D eigenvalue weighted by molar-refractivity contribution is 0.207. The predicted octanol–water partition coefficient (Wildman–Crippen LogP) is 2.58. The van der Waals surface area contributed by atoms with E-state index in [1.807, 2.05) is 11.8 Å². The molecule has 1 N–H and O–H groups in total. The number of amidine groups is 1. The molecule has 2 aliphatic heterocycles. The summed E-state index contributed by atoms with van der Waals surface area (Å²) in [6.45, 7) is 10.5. The minimum Gasteiger partial charge on any atom is -0.362 e. The molecule has 18 heavy (non-hydrogen) atoms. The summed E-state index contributed by atoms with van der Waals surface area (Å²) in [4.78, 5) is 7.35. The largest absolute Gasteiger partial charge is 0.362 e. The number of thioether (sulfide) groups is 1. The molecule has 2 unspecified atom stereocenters. The fourth-order valence-corrected chi connectivity index (χ4v) is 3.76. The molecule has 2 rings (SSSR count). The first-order valence-electron chi connectivity index (χ1n) is 7.38. The number of hydrogen-bond donors (Lipinski definition) is 1. The van der Waals surface area contributed by atoms with Gasteiger partial charge in [0.1, 0.15) is 0 Å². The number of aliphatic imine (C=N–C) groups is 1. The van der Waals surface area contributed by atoms with Gasteiger partial charge in [-0.3, -0.25) is 4.99 Å². The molecule has 0 aliphatic carbocycles. The van der Waals surface area contributed by atoms with Crippen molar-refractivity contribution in [3.8, 4) is 0 Å². The Hall–Kier alpha value is -0.220. The van der Waals surface area contributed by atoms with Gasteiger partial charge in [-0.2, -0.15) is 0 Å². The van der Waals surface area contributed by atoms with Crippen molar-refractivity contribution in [2.24, 2.45) is 10.9 Å². The maximum atomic E-state index is 4.77. The molecular weight excluding hydrogens is 242 g/mol. The molecule has 0 radical (unpaired) electrons. The Bertz CT molecular complexity index is 285. The van der Waals surface area contributed by atoms with Crippen LogP contribution in [-0.2, 0) is 0 Å². The van der Waals surface area contributed by atoms with E-state index in [9.17, 15) is 0 Å². The molecule has 0 bridgehead atoms. The van der Waals surface area contributed by atoms with Crippen molar-refractivity contribution in [1.29, 1.82) is 0 Å². The van der Waals surface area contributed by atoms with Gasteiger partial charge in [-0.1, -0.05) is 25.6 Å². The summed E-state index contributed by atoms with van der Waals surface area (Å²) >= 11 is 1.91. The lowest BCUT2D eigenvalue weighted by Gasteiger charge is -2.34. The first-order chi connectivity index (χ1) is 8.69. The van der Waals surface area contributed by atoms with Crippen LogP contribution in [0.25, 0.3) is 0 Å². The van der Waals surface area contributed by atoms with Crippen molar-refractivity contribution in [2.75, 3.05) is 25.4 Å². The van der Waals surface area contributed by atoms with Crippen LogP contribution < -0.4 is 5.32 Å². The molecule has 0 spiro atoms. The van der Waals surface area contributed by atoms with E-state index in [1.165, 1.54) is 49.8 Å². The monoisotopic (exact) mass is 269 g/mol. The highest BCUT2D eigenvalue weighted by atomic mass is 32.2. The SMILES string of the molecule is CCCN1CCC(NC2=NC(C)C(C)CS2)CC1. The minimum absolute atomic E-state index is 0.480. The van der Waals surface area contributed by atoms with Crippen molar-refractivity contribution in [2.45, 2.75) is 52.1 Å². The normalized spacial score (nSPS) is 31.2. The number of rotatable bonds is 3. The van der Waals surface area contributed by atoms with E-state index >= 15 is 0 Å². The minimum atomic E-state index is 0.480. The second-order valence-corrected chi connectivity index (χ2v) is 6.73. The third-order valence-electron chi connectivity index (χ3n) is 4.08. The van der Waals surface area contributed by atoms with Crippen molar-refractivity contribution < 1.29 is 0 Å². The van der Waals surface area contributed by atoms with Crippen LogP contribution in [0.15, 0.2) is 4.99 Å². The zero-order valence-corrected chi connectivity index (χ0v) is 12.8. The Morgan fingerprint density at radius 3 is 2.67 bits per heavy atom. The highest BCUT2D eigenvalue weighted by molar-refractivity contribution is 8.13. The zero-order chi connectivity index (χ0) is 13.0. The van der Waals surface area contributed by atoms with Gasteiger partial charge in [0.15, 0.2) is 5.17 Å². The molecule has 4 heteroatoms. The van der Waals surface area contributed by atoms with Gasteiger partial charge in [0.2, 0.25) is 0 Å². The maximum absolute atomic E-state index is 4.77. The lowest BCUT2D eigenvalue weighted by Crippen LogP contribution is -2.45. The molecule has 0 aromatic rings. The summed E-state index contributed by atoms with van der Waals surface area (Å²) in [5.74, 6) is 1.92. The number of nitrogens with zero attached hydrogens (tertiary/aromatic N) is 2. The van der Waals surface area contributed by atoms with Gasteiger partial charge >= 0.3 is 0 Å². The third kappa shape index (κ3) is 3.89. The lowest BCUT2D eigenvalue weighted by atomic mass is 10.1. The number of piperidine rings is 1. The van der Waals surface area contributed by atoms with Crippen molar-refractivity contribution in [3.63, 3.8) is 0 Å². The standard InChI is InChI=1S/C14H27N3S/c1-4-7-17-8-5-13(6-9-17)16-14-15-12(3)11(2)10-18-14/h11-13H,4-10H2,1-3H3,(H,15,16). The van der Waals surface area contributed by atoms with Crippen molar-refractivity contribution in [1.82, 2.24) is 10.2 Å². The van der Waals surface area contributed by atoms with Crippen LogP contribution in [0.3, 0.4) is 0 Å². The number of nitrogens with one attached hydrogen (secondary N) is 1. The Balaban J connectivity index is 1.76.